The minimum absolute atomic E-state index is 0.0170. The molecule has 20 heavy (non-hydrogen) atoms. The quantitative estimate of drug-likeness (QED) is 0.631. The SMILES string of the molecule is CN(C(=O)OC(C)(C)C)C(C)(C=O)c1cccnc1F. The standard InChI is InChI=1S/C14H19FN2O3/c1-13(2,3)20-12(19)17(5)14(4,9-18)10-7-6-8-16-11(10)15/h6-9H,1-5H3. The second-order valence-electron chi connectivity index (χ2n) is 5.65. The summed E-state index contributed by atoms with van der Waals surface area (Å²) in [6, 6.07) is 2.92. The van der Waals surface area contributed by atoms with Crippen molar-refractivity contribution in [2.75, 3.05) is 7.05 Å². The van der Waals surface area contributed by atoms with E-state index in [0.717, 1.165) is 4.90 Å². The van der Waals surface area contributed by atoms with Crippen molar-refractivity contribution in [3.8, 4) is 0 Å². The molecular formula is C14H19FN2O3. The van der Waals surface area contributed by atoms with Crippen LogP contribution >= 0.6 is 0 Å². The number of hydrogen-bond donors (Lipinski definition) is 0. The fourth-order valence-electron chi connectivity index (χ4n) is 1.61. The number of carbonyl (C=O) groups excluding carboxylic acids is 2. The predicted molar refractivity (Wildman–Crippen MR) is 71.6 cm³/mol. The normalized spacial score (nSPS) is 14.3. The van der Waals surface area contributed by atoms with E-state index in [9.17, 15) is 14.0 Å². The Bertz CT molecular complexity index is 513. The van der Waals surface area contributed by atoms with Crippen molar-refractivity contribution in [2.24, 2.45) is 0 Å². The molecule has 0 saturated heterocycles. The zero-order valence-corrected chi connectivity index (χ0v) is 12.3. The molecule has 5 nitrogen and oxygen atoms in total. The molecule has 110 valence electrons. The van der Waals surface area contributed by atoms with Gasteiger partial charge in [-0.05, 0) is 33.8 Å². The van der Waals surface area contributed by atoms with E-state index >= 15 is 0 Å². The van der Waals surface area contributed by atoms with Crippen molar-refractivity contribution in [2.45, 2.75) is 38.8 Å². The van der Waals surface area contributed by atoms with Crippen LogP contribution in [0.4, 0.5) is 9.18 Å². The van der Waals surface area contributed by atoms with Crippen LogP contribution in [0.5, 0.6) is 0 Å². The van der Waals surface area contributed by atoms with Gasteiger partial charge < -0.3 is 9.53 Å². The van der Waals surface area contributed by atoms with E-state index in [0.29, 0.717) is 6.29 Å². The summed E-state index contributed by atoms with van der Waals surface area (Å²) in [6.45, 7) is 6.56. The summed E-state index contributed by atoms with van der Waals surface area (Å²) in [5.74, 6) is -0.794. The Morgan fingerprint density at radius 1 is 1.40 bits per heavy atom. The first-order valence-corrected chi connectivity index (χ1v) is 6.16. The van der Waals surface area contributed by atoms with Gasteiger partial charge in [-0.3, -0.25) is 4.90 Å². The number of aldehydes is 1. The van der Waals surface area contributed by atoms with E-state index in [-0.39, 0.29) is 5.56 Å². The first kappa shape index (κ1) is 16.1. The largest absolute Gasteiger partial charge is 0.444 e. The fourth-order valence-corrected chi connectivity index (χ4v) is 1.61. The average Bonchev–Trinajstić information content (AvgIpc) is 2.35. The molecule has 1 amide bonds. The lowest BCUT2D eigenvalue weighted by Crippen LogP contribution is -2.48. The van der Waals surface area contributed by atoms with Gasteiger partial charge in [-0.25, -0.2) is 9.78 Å². The Balaban J connectivity index is 3.14. The molecule has 6 heteroatoms. The molecule has 1 aromatic heterocycles. The smallest absolute Gasteiger partial charge is 0.411 e. The second-order valence-corrected chi connectivity index (χ2v) is 5.65. The molecule has 0 aliphatic carbocycles. The van der Waals surface area contributed by atoms with Gasteiger partial charge in [0.25, 0.3) is 0 Å². The number of nitrogens with zero attached hydrogens (tertiary/aromatic N) is 2. The van der Waals surface area contributed by atoms with Crippen LogP contribution in [0.3, 0.4) is 0 Å². The molecule has 0 N–H and O–H groups in total. The highest BCUT2D eigenvalue weighted by molar-refractivity contribution is 5.77. The molecule has 0 spiro atoms. The third kappa shape index (κ3) is 3.31. The number of likely N-dealkylation sites (N-methyl/N-ethyl adjacent to an activating group) is 1. The van der Waals surface area contributed by atoms with Crippen molar-refractivity contribution in [3.63, 3.8) is 0 Å². The Morgan fingerprint density at radius 3 is 2.45 bits per heavy atom. The molecule has 1 atom stereocenters. The van der Waals surface area contributed by atoms with E-state index in [2.05, 4.69) is 4.98 Å². The average molecular weight is 282 g/mol. The molecule has 0 aliphatic heterocycles. The number of halogens is 1. The van der Waals surface area contributed by atoms with Crippen LogP contribution in [0.25, 0.3) is 0 Å². The van der Waals surface area contributed by atoms with E-state index in [4.69, 9.17) is 4.74 Å². The van der Waals surface area contributed by atoms with Crippen LogP contribution in [0.1, 0.15) is 33.3 Å². The number of ether oxygens (including phenoxy) is 1. The van der Waals surface area contributed by atoms with Crippen LogP contribution in [0.2, 0.25) is 0 Å². The molecule has 1 aromatic rings. The van der Waals surface area contributed by atoms with E-state index in [1.807, 2.05) is 0 Å². The first-order valence-electron chi connectivity index (χ1n) is 6.16. The Hall–Kier alpha value is -1.98. The van der Waals surface area contributed by atoms with E-state index < -0.39 is 23.2 Å². The van der Waals surface area contributed by atoms with Gasteiger partial charge in [0.1, 0.15) is 17.4 Å². The molecule has 0 aliphatic rings. The third-order valence-corrected chi connectivity index (χ3v) is 2.90. The number of aromatic nitrogens is 1. The van der Waals surface area contributed by atoms with Crippen molar-refractivity contribution >= 4 is 12.4 Å². The molecule has 0 radical (unpaired) electrons. The maximum atomic E-state index is 13.8. The lowest BCUT2D eigenvalue weighted by molar-refractivity contribution is -0.117. The number of pyridine rings is 1. The van der Waals surface area contributed by atoms with E-state index in [1.165, 1.54) is 32.3 Å². The van der Waals surface area contributed by atoms with Crippen LogP contribution < -0.4 is 0 Å². The van der Waals surface area contributed by atoms with Crippen LogP contribution in [-0.4, -0.2) is 34.9 Å². The highest BCUT2D eigenvalue weighted by atomic mass is 19.1. The van der Waals surface area contributed by atoms with Crippen LogP contribution in [-0.2, 0) is 15.1 Å². The molecule has 1 unspecified atom stereocenters. The Labute approximate surface area is 117 Å². The highest BCUT2D eigenvalue weighted by Crippen LogP contribution is 2.27. The van der Waals surface area contributed by atoms with Gasteiger partial charge in [-0.2, -0.15) is 4.39 Å². The zero-order chi connectivity index (χ0) is 15.6. The summed E-state index contributed by atoms with van der Waals surface area (Å²) in [4.78, 5) is 28.1. The third-order valence-electron chi connectivity index (χ3n) is 2.90. The van der Waals surface area contributed by atoms with Crippen LogP contribution in [0, 0.1) is 5.95 Å². The minimum atomic E-state index is -1.49. The summed E-state index contributed by atoms with van der Waals surface area (Å²) in [7, 11) is 1.38. The lowest BCUT2D eigenvalue weighted by Gasteiger charge is -2.35. The summed E-state index contributed by atoms with van der Waals surface area (Å²) < 4.78 is 19.0. The van der Waals surface area contributed by atoms with E-state index in [1.54, 1.807) is 20.8 Å². The molecule has 1 rings (SSSR count). The van der Waals surface area contributed by atoms with Crippen molar-refractivity contribution in [1.82, 2.24) is 9.88 Å². The highest BCUT2D eigenvalue weighted by Gasteiger charge is 2.39. The monoisotopic (exact) mass is 282 g/mol. The van der Waals surface area contributed by atoms with Crippen LogP contribution in [0.15, 0.2) is 18.3 Å². The number of rotatable bonds is 3. The number of amides is 1. The fraction of sp³-hybridized carbons (Fsp3) is 0.500. The maximum absolute atomic E-state index is 13.8. The van der Waals surface area contributed by atoms with Gasteiger partial charge in [-0.15, -0.1) is 0 Å². The van der Waals surface area contributed by atoms with Gasteiger partial charge in [0.15, 0.2) is 0 Å². The second kappa shape index (κ2) is 5.56. The van der Waals surface area contributed by atoms with Gasteiger partial charge in [0.2, 0.25) is 5.95 Å². The van der Waals surface area contributed by atoms with Gasteiger partial charge in [-0.1, -0.05) is 6.07 Å². The van der Waals surface area contributed by atoms with Crippen molar-refractivity contribution in [3.05, 3.63) is 29.8 Å². The summed E-state index contributed by atoms with van der Waals surface area (Å²) in [5, 5.41) is 0. The molecule has 1 heterocycles. The minimum Gasteiger partial charge on any atom is -0.444 e. The molecule has 0 fully saturated rings. The molecular weight excluding hydrogens is 263 g/mol. The first-order chi connectivity index (χ1) is 9.12. The van der Waals surface area contributed by atoms with Gasteiger partial charge in [0.05, 0.1) is 0 Å². The summed E-state index contributed by atoms with van der Waals surface area (Å²) >= 11 is 0. The summed E-state index contributed by atoms with van der Waals surface area (Å²) in [6.07, 6.45) is 1.06. The topological polar surface area (TPSA) is 59.5 Å². The number of carbonyl (C=O) groups is 2. The predicted octanol–water partition coefficient (Wildman–Crippen LogP) is 2.50. The molecule has 0 saturated carbocycles. The van der Waals surface area contributed by atoms with Crippen molar-refractivity contribution < 1.29 is 18.7 Å². The van der Waals surface area contributed by atoms with Crippen molar-refractivity contribution in [1.29, 1.82) is 0 Å². The molecule has 0 aromatic carbocycles. The number of hydrogen-bond acceptors (Lipinski definition) is 4. The Morgan fingerprint density at radius 2 is 2.00 bits per heavy atom. The zero-order valence-electron chi connectivity index (χ0n) is 12.3. The van der Waals surface area contributed by atoms with Gasteiger partial charge >= 0.3 is 6.09 Å². The summed E-state index contributed by atoms with van der Waals surface area (Å²) in [5.41, 5.74) is -2.17. The molecule has 0 bridgehead atoms. The Kier molecular flexibility index (Phi) is 4.47. The van der Waals surface area contributed by atoms with Gasteiger partial charge in [0, 0.05) is 18.8 Å². The maximum Gasteiger partial charge on any atom is 0.411 e. The lowest BCUT2D eigenvalue weighted by atomic mass is 9.93.